The molecule has 1 atom stereocenters. The Morgan fingerprint density at radius 3 is 2.74 bits per heavy atom. The number of hydrogen-bond acceptors (Lipinski definition) is 6. The first-order chi connectivity index (χ1) is 9.26. The van der Waals surface area contributed by atoms with Crippen LogP contribution in [0.5, 0.6) is 0 Å². The highest BCUT2D eigenvalue weighted by Crippen LogP contribution is 2.14. The van der Waals surface area contributed by atoms with Gasteiger partial charge in [-0.2, -0.15) is 0 Å². The zero-order chi connectivity index (χ0) is 13.7. The largest absolute Gasteiger partial charge is 0.409 e. The molecule has 7 nitrogen and oxygen atoms in total. The van der Waals surface area contributed by atoms with Crippen LogP contribution in [0.25, 0.3) is 0 Å². The summed E-state index contributed by atoms with van der Waals surface area (Å²) >= 11 is 0. The second-order valence-corrected chi connectivity index (χ2v) is 4.54. The number of rotatable bonds is 4. The summed E-state index contributed by atoms with van der Waals surface area (Å²) in [6, 6.07) is 1.92. The van der Waals surface area contributed by atoms with Crippen molar-refractivity contribution in [3.05, 3.63) is 18.6 Å². The van der Waals surface area contributed by atoms with Crippen LogP contribution >= 0.6 is 0 Å². The fourth-order valence-electron chi connectivity index (χ4n) is 2.45. The van der Waals surface area contributed by atoms with E-state index in [1.54, 1.807) is 12.5 Å². The second kappa shape index (κ2) is 6.33. The molecule has 0 aliphatic carbocycles. The Balaban J connectivity index is 1.95. The number of nitrogens with zero attached hydrogens (tertiary/aromatic N) is 5. The monoisotopic (exact) mass is 264 g/mol. The normalized spacial score (nSPS) is 19.4. The zero-order valence-electron chi connectivity index (χ0n) is 11.1. The van der Waals surface area contributed by atoms with Gasteiger partial charge in [-0.1, -0.05) is 12.1 Å². The maximum atomic E-state index is 8.81. The summed E-state index contributed by atoms with van der Waals surface area (Å²) in [5.41, 5.74) is 5.73. The summed E-state index contributed by atoms with van der Waals surface area (Å²) in [5, 5.41) is 11.9. The maximum absolute atomic E-state index is 8.81. The second-order valence-electron chi connectivity index (χ2n) is 4.54. The van der Waals surface area contributed by atoms with E-state index in [9.17, 15) is 0 Å². The quantitative estimate of drug-likeness (QED) is 0.347. The Hall–Kier alpha value is -1.89. The fourth-order valence-corrected chi connectivity index (χ4v) is 2.45. The first-order valence-corrected chi connectivity index (χ1v) is 6.48. The van der Waals surface area contributed by atoms with Gasteiger partial charge in [0.05, 0.1) is 6.04 Å². The summed E-state index contributed by atoms with van der Waals surface area (Å²) in [7, 11) is 0. The molecule has 0 radical (unpaired) electrons. The molecule has 3 N–H and O–H groups in total. The molecular weight excluding hydrogens is 244 g/mol. The van der Waals surface area contributed by atoms with E-state index in [1.807, 2.05) is 13.0 Å². The summed E-state index contributed by atoms with van der Waals surface area (Å²) in [5.74, 6) is 1.24. The average Bonchev–Trinajstić information content (AvgIpc) is 2.49. The number of amidine groups is 1. The average molecular weight is 264 g/mol. The molecule has 7 heteroatoms. The third-order valence-electron chi connectivity index (χ3n) is 3.49. The molecule has 0 saturated carbocycles. The summed E-state index contributed by atoms with van der Waals surface area (Å²) in [4.78, 5) is 12.6. The van der Waals surface area contributed by atoms with Gasteiger partial charge in [-0.15, -0.1) is 0 Å². The highest BCUT2D eigenvalue weighted by atomic mass is 16.4. The van der Waals surface area contributed by atoms with Crippen LogP contribution in [-0.2, 0) is 0 Å². The van der Waals surface area contributed by atoms with E-state index >= 15 is 0 Å². The van der Waals surface area contributed by atoms with Crippen molar-refractivity contribution in [1.29, 1.82) is 0 Å². The molecule has 0 amide bonds. The fraction of sp³-hybridized carbons (Fsp3) is 0.583. The predicted octanol–water partition coefficient (Wildman–Crippen LogP) is 0.124. The van der Waals surface area contributed by atoms with Crippen molar-refractivity contribution in [2.45, 2.75) is 19.4 Å². The van der Waals surface area contributed by atoms with Gasteiger partial charge >= 0.3 is 0 Å². The van der Waals surface area contributed by atoms with Crippen LogP contribution in [0.3, 0.4) is 0 Å². The number of nitrogens with two attached hydrogens (primary N) is 1. The molecule has 2 heterocycles. The summed E-state index contributed by atoms with van der Waals surface area (Å²) < 4.78 is 0. The molecule has 1 aromatic heterocycles. The van der Waals surface area contributed by atoms with Crippen LogP contribution in [0.4, 0.5) is 5.82 Å². The Kier molecular flexibility index (Phi) is 4.51. The standard InChI is InChI=1S/C12H20N6O/c1-2-10(12(13)16-19)17-5-7-18(8-6-17)11-3-4-14-9-15-11/h3-4,9-10,19H,2,5-8H2,1H3,(H2,13,16). The minimum absolute atomic E-state index is 0.0116. The van der Waals surface area contributed by atoms with E-state index in [-0.39, 0.29) is 11.9 Å². The summed E-state index contributed by atoms with van der Waals surface area (Å²) in [6.07, 6.45) is 4.15. The predicted molar refractivity (Wildman–Crippen MR) is 73.3 cm³/mol. The van der Waals surface area contributed by atoms with Gasteiger partial charge in [0.15, 0.2) is 5.84 Å². The van der Waals surface area contributed by atoms with Crippen molar-refractivity contribution in [3.63, 3.8) is 0 Å². The molecule has 0 spiro atoms. The first-order valence-electron chi connectivity index (χ1n) is 6.48. The van der Waals surface area contributed by atoms with Crippen LogP contribution in [0.15, 0.2) is 23.7 Å². The van der Waals surface area contributed by atoms with E-state index in [4.69, 9.17) is 10.9 Å². The Morgan fingerprint density at radius 1 is 1.47 bits per heavy atom. The lowest BCUT2D eigenvalue weighted by Crippen LogP contribution is -2.54. The molecule has 19 heavy (non-hydrogen) atoms. The Morgan fingerprint density at radius 2 is 2.21 bits per heavy atom. The summed E-state index contributed by atoms with van der Waals surface area (Å²) in [6.45, 7) is 5.55. The van der Waals surface area contributed by atoms with Crippen LogP contribution in [0.1, 0.15) is 13.3 Å². The van der Waals surface area contributed by atoms with Gasteiger partial charge in [0, 0.05) is 32.4 Å². The van der Waals surface area contributed by atoms with Crippen molar-refractivity contribution < 1.29 is 5.21 Å². The van der Waals surface area contributed by atoms with Crippen LogP contribution in [-0.4, -0.2) is 58.1 Å². The molecule has 104 valence electrons. The maximum Gasteiger partial charge on any atom is 0.156 e. The third-order valence-corrected chi connectivity index (χ3v) is 3.49. The van der Waals surface area contributed by atoms with E-state index in [0.29, 0.717) is 0 Å². The van der Waals surface area contributed by atoms with Crippen molar-refractivity contribution in [1.82, 2.24) is 14.9 Å². The zero-order valence-corrected chi connectivity index (χ0v) is 11.1. The Bertz CT molecular complexity index is 415. The van der Waals surface area contributed by atoms with Crippen molar-refractivity contribution in [3.8, 4) is 0 Å². The van der Waals surface area contributed by atoms with Gasteiger partial charge in [0.2, 0.25) is 0 Å². The minimum Gasteiger partial charge on any atom is -0.409 e. The lowest BCUT2D eigenvalue weighted by Gasteiger charge is -2.38. The van der Waals surface area contributed by atoms with Gasteiger partial charge in [-0.3, -0.25) is 4.90 Å². The molecule has 0 aromatic carbocycles. The van der Waals surface area contributed by atoms with E-state index in [0.717, 1.165) is 38.4 Å². The van der Waals surface area contributed by atoms with Gasteiger partial charge in [0.1, 0.15) is 12.1 Å². The highest BCUT2D eigenvalue weighted by molar-refractivity contribution is 5.85. The van der Waals surface area contributed by atoms with Crippen LogP contribution in [0, 0.1) is 0 Å². The molecule has 1 saturated heterocycles. The van der Waals surface area contributed by atoms with Gasteiger partial charge in [-0.25, -0.2) is 9.97 Å². The smallest absolute Gasteiger partial charge is 0.156 e. The lowest BCUT2D eigenvalue weighted by atomic mass is 10.1. The number of oxime groups is 1. The number of aromatic nitrogens is 2. The molecule has 2 rings (SSSR count). The molecular formula is C12H20N6O. The van der Waals surface area contributed by atoms with Crippen molar-refractivity contribution in [2.75, 3.05) is 31.1 Å². The molecule has 0 bridgehead atoms. The van der Waals surface area contributed by atoms with Crippen LogP contribution < -0.4 is 10.6 Å². The minimum atomic E-state index is 0.0116. The van der Waals surface area contributed by atoms with Gasteiger partial charge < -0.3 is 15.8 Å². The van der Waals surface area contributed by atoms with Gasteiger partial charge in [0.25, 0.3) is 0 Å². The van der Waals surface area contributed by atoms with Crippen molar-refractivity contribution in [2.24, 2.45) is 10.9 Å². The van der Waals surface area contributed by atoms with E-state index < -0.39 is 0 Å². The van der Waals surface area contributed by atoms with Gasteiger partial charge in [-0.05, 0) is 12.5 Å². The third kappa shape index (κ3) is 3.11. The SMILES string of the molecule is CCC(C(N)=NO)N1CCN(c2ccncn2)CC1. The Labute approximate surface area is 112 Å². The molecule has 1 fully saturated rings. The van der Waals surface area contributed by atoms with Crippen molar-refractivity contribution >= 4 is 11.7 Å². The van der Waals surface area contributed by atoms with E-state index in [1.165, 1.54) is 0 Å². The molecule has 1 unspecified atom stereocenters. The first kappa shape index (κ1) is 13.5. The topological polar surface area (TPSA) is 90.9 Å². The highest BCUT2D eigenvalue weighted by Gasteiger charge is 2.25. The molecule has 1 aliphatic rings. The van der Waals surface area contributed by atoms with Crippen LogP contribution in [0.2, 0.25) is 0 Å². The number of piperazine rings is 1. The molecule has 1 aromatic rings. The lowest BCUT2D eigenvalue weighted by molar-refractivity contribution is 0.215. The number of hydrogen-bond donors (Lipinski definition) is 2. The van der Waals surface area contributed by atoms with E-state index in [2.05, 4.69) is 24.9 Å². The number of anilines is 1. The molecule has 1 aliphatic heterocycles.